The minimum atomic E-state index is -0.169. The van der Waals surface area contributed by atoms with E-state index in [1.54, 1.807) is 7.11 Å². The van der Waals surface area contributed by atoms with Crippen molar-refractivity contribution < 1.29 is 4.74 Å². The monoisotopic (exact) mass is 199 g/mol. The van der Waals surface area contributed by atoms with Gasteiger partial charge in [-0.3, -0.25) is 0 Å². The van der Waals surface area contributed by atoms with Crippen molar-refractivity contribution in [3.8, 4) is 0 Å². The van der Waals surface area contributed by atoms with Crippen LogP contribution in [0.1, 0.15) is 52.4 Å². The maximum absolute atomic E-state index is 6.17. The van der Waals surface area contributed by atoms with Gasteiger partial charge in [0.15, 0.2) is 0 Å². The zero-order chi connectivity index (χ0) is 10.6. The molecule has 1 saturated carbocycles. The average molecular weight is 199 g/mol. The molecule has 14 heavy (non-hydrogen) atoms. The van der Waals surface area contributed by atoms with Crippen molar-refractivity contribution in [2.75, 3.05) is 7.11 Å². The van der Waals surface area contributed by atoms with Gasteiger partial charge >= 0.3 is 0 Å². The number of rotatable bonds is 4. The summed E-state index contributed by atoms with van der Waals surface area (Å²) >= 11 is 0. The Hall–Kier alpha value is -0.0800. The van der Waals surface area contributed by atoms with Crippen molar-refractivity contribution in [2.45, 2.75) is 64.0 Å². The van der Waals surface area contributed by atoms with Gasteiger partial charge in [0.25, 0.3) is 0 Å². The second-order valence-corrected chi connectivity index (χ2v) is 5.15. The highest BCUT2D eigenvalue weighted by Crippen LogP contribution is 2.29. The predicted octanol–water partition coefficient (Wildman–Crippen LogP) is 2.71. The van der Waals surface area contributed by atoms with Gasteiger partial charge in [-0.1, -0.05) is 32.1 Å². The van der Waals surface area contributed by atoms with Gasteiger partial charge in [0, 0.05) is 13.2 Å². The molecule has 0 aromatic heterocycles. The highest BCUT2D eigenvalue weighted by atomic mass is 16.5. The maximum atomic E-state index is 6.17. The van der Waals surface area contributed by atoms with E-state index in [0.29, 0.717) is 0 Å². The Morgan fingerprint density at radius 2 is 1.86 bits per heavy atom. The maximum Gasteiger partial charge on any atom is 0.0773 e. The second-order valence-electron chi connectivity index (χ2n) is 5.15. The molecule has 2 heteroatoms. The molecule has 0 aromatic rings. The summed E-state index contributed by atoms with van der Waals surface area (Å²) in [6.07, 6.45) is 8.07. The zero-order valence-corrected chi connectivity index (χ0v) is 9.88. The van der Waals surface area contributed by atoms with E-state index in [4.69, 9.17) is 10.5 Å². The van der Waals surface area contributed by atoms with E-state index in [9.17, 15) is 0 Å². The first-order valence-electron chi connectivity index (χ1n) is 5.87. The molecule has 0 amide bonds. The third kappa shape index (κ3) is 3.25. The molecule has 1 atom stereocenters. The molecule has 0 spiro atoms. The van der Waals surface area contributed by atoms with Crippen LogP contribution in [0.4, 0.5) is 0 Å². The lowest BCUT2D eigenvalue weighted by Crippen LogP contribution is -2.45. The normalized spacial score (nSPS) is 22.3. The van der Waals surface area contributed by atoms with Gasteiger partial charge in [0.2, 0.25) is 0 Å². The highest BCUT2D eigenvalue weighted by molar-refractivity contribution is 4.85. The van der Waals surface area contributed by atoms with Gasteiger partial charge in [0.1, 0.15) is 0 Å². The van der Waals surface area contributed by atoms with E-state index < -0.39 is 0 Å². The molecule has 1 aliphatic carbocycles. The summed E-state index contributed by atoms with van der Waals surface area (Å²) in [5.74, 6) is 0.841. The lowest BCUT2D eigenvalue weighted by Gasteiger charge is -2.33. The number of methoxy groups -OCH3 is 1. The molecule has 2 nitrogen and oxygen atoms in total. The lowest BCUT2D eigenvalue weighted by atomic mass is 9.81. The Labute approximate surface area is 88.2 Å². The van der Waals surface area contributed by atoms with E-state index in [2.05, 4.69) is 13.8 Å². The third-order valence-electron chi connectivity index (χ3n) is 3.73. The van der Waals surface area contributed by atoms with Crippen LogP contribution in [-0.2, 0) is 4.74 Å². The van der Waals surface area contributed by atoms with E-state index in [0.717, 1.165) is 12.3 Å². The van der Waals surface area contributed by atoms with Crippen molar-refractivity contribution >= 4 is 0 Å². The molecule has 0 heterocycles. The number of ether oxygens (including phenoxy) is 1. The lowest BCUT2D eigenvalue weighted by molar-refractivity contribution is -0.00686. The van der Waals surface area contributed by atoms with Crippen LogP contribution < -0.4 is 5.73 Å². The van der Waals surface area contributed by atoms with Gasteiger partial charge in [-0.2, -0.15) is 0 Å². The van der Waals surface area contributed by atoms with Crippen LogP contribution in [0.5, 0.6) is 0 Å². The summed E-state index contributed by atoms with van der Waals surface area (Å²) < 4.78 is 5.42. The molecule has 1 unspecified atom stereocenters. The Balaban J connectivity index is 2.34. The van der Waals surface area contributed by atoms with Gasteiger partial charge in [-0.15, -0.1) is 0 Å². The first kappa shape index (κ1) is 12.0. The topological polar surface area (TPSA) is 35.2 Å². The number of nitrogens with two attached hydrogens (primary N) is 1. The second kappa shape index (κ2) is 5.13. The first-order valence-corrected chi connectivity index (χ1v) is 5.87. The minimum Gasteiger partial charge on any atom is -0.377 e. The zero-order valence-electron chi connectivity index (χ0n) is 9.88. The fourth-order valence-corrected chi connectivity index (χ4v) is 2.22. The largest absolute Gasteiger partial charge is 0.377 e. The Bertz CT molecular complexity index is 162. The van der Waals surface area contributed by atoms with Crippen LogP contribution in [0.2, 0.25) is 0 Å². The molecule has 0 saturated heterocycles. The summed E-state index contributed by atoms with van der Waals surface area (Å²) in [4.78, 5) is 0. The SMILES string of the molecule is COC(C)(C)C(N)CC1CCCCC1. The molecule has 2 N–H and O–H groups in total. The van der Waals surface area contributed by atoms with E-state index in [1.807, 2.05) is 0 Å². The standard InChI is InChI=1S/C12H25NO/c1-12(2,14-3)11(13)9-10-7-5-4-6-8-10/h10-11H,4-9,13H2,1-3H3. The van der Waals surface area contributed by atoms with Crippen molar-refractivity contribution in [3.05, 3.63) is 0 Å². The average Bonchev–Trinajstić information content (AvgIpc) is 2.19. The smallest absolute Gasteiger partial charge is 0.0773 e. The molecule has 0 bridgehead atoms. The Morgan fingerprint density at radius 3 is 2.36 bits per heavy atom. The number of hydrogen-bond acceptors (Lipinski definition) is 2. The van der Waals surface area contributed by atoms with E-state index in [1.165, 1.54) is 32.1 Å². The summed E-state index contributed by atoms with van der Waals surface area (Å²) in [7, 11) is 1.75. The van der Waals surface area contributed by atoms with Crippen molar-refractivity contribution in [3.63, 3.8) is 0 Å². The number of hydrogen-bond donors (Lipinski definition) is 1. The first-order chi connectivity index (χ1) is 6.56. The van der Waals surface area contributed by atoms with Gasteiger partial charge < -0.3 is 10.5 Å². The van der Waals surface area contributed by atoms with Crippen LogP contribution in [0.15, 0.2) is 0 Å². The molecule has 0 radical (unpaired) electrons. The van der Waals surface area contributed by atoms with Crippen LogP contribution in [0, 0.1) is 5.92 Å². The summed E-state index contributed by atoms with van der Waals surface area (Å²) in [5.41, 5.74) is 6.00. The molecular formula is C12H25NO. The quantitative estimate of drug-likeness (QED) is 0.755. The van der Waals surface area contributed by atoms with Gasteiger partial charge in [0.05, 0.1) is 5.60 Å². The summed E-state index contributed by atoms with van der Waals surface area (Å²) in [6.45, 7) is 4.17. The molecule has 1 aliphatic rings. The minimum absolute atomic E-state index is 0.169. The third-order valence-corrected chi connectivity index (χ3v) is 3.73. The fraction of sp³-hybridized carbons (Fsp3) is 1.00. The summed E-state index contributed by atoms with van der Waals surface area (Å²) in [5, 5.41) is 0. The molecule has 0 aliphatic heterocycles. The molecule has 1 fully saturated rings. The van der Waals surface area contributed by atoms with Crippen molar-refractivity contribution in [1.82, 2.24) is 0 Å². The predicted molar refractivity (Wildman–Crippen MR) is 60.3 cm³/mol. The molecule has 84 valence electrons. The van der Waals surface area contributed by atoms with Crippen molar-refractivity contribution in [2.24, 2.45) is 11.7 Å². The van der Waals surface area contributed by atoms with Gasteiger partial charge in [-0.25, -0.2) is 0 Å². The molecular weight excluding hydrogens is 174 g/mol. The molecule has 0 aromatic carbocycles. The summed E-state index contributed by atoms with van der Waals surface area (Å²) in [6, 6.07) is 0.176. The van der Waals surface area contributed by atoms with E-state index in [-0.39, 0.29) is 11.6 Å². The van der Waals surface area contributed by atoms with Crippen LogP contribution in [0.3, 0.4) is 0 Å². The Morgan fingerprint density at radius 1 is 1.29 bits per heavy atom. The van der Waals surface area contributed by atoms with Crippen LogP contribution >= 0.6 is 0 Å². The van der Waals surface area contributed by atoms with E-state index >= 15 is 0 Å². The van der Waals surface area contributed by atoms with Crippen LogP contribution in [0.25, 0.3) is 0 Å². The van der Waals surface area contributed by atoms with Crippen LogP contribution in [-0.4, -0.2) is 18.8 Å². The Kier molecular flexibility index (Phi) is 4.39. The molecule has 1 rings (SSSR count). The van der Waals surface area contributed by atoms with Crippen molar-refractivity contribution in [1.29, 1.82) is 0 Å². The van der Waals surface area contributed by atoms with Gasteiger partial charge in [-0.05, 0) is 26.2 Å². The fourth-order valence-electron chi connectivity index (χ4n) is 2.22. The highest BCUT2D eigenvalue weighted by Gasteiger charge is 2.28.